The largest absolute Gasteiger partial charge is 0.378 e. The second kappa shape index (κ2) is 8.41. The highest BCUT2D eigenvalue weighted by Crippen LogP contribution is 2.29. The van der Waals surface area contributed by atoms with Crippen LogP contribution in [-0.4, -0.2) is 42.9 Å². The van der Waals surface area contributed by atoms with Crippen LogP contribution in [0.2, 0.25) is 0 Å². The van der Waals surface area contributed by atoms with Gasteiger partial charge >= 0.3 is 0 Å². The number of hydrogen-bond donors (Lipinski definition) is 1. The maximum absolute atomic E-state index is 12.2. The first-order chi connectivity index (χ1) is 12.4. The molecule has 1 aliphatic rings. The summed E-state index contributed by atoms with van der Waals surface area (Å²) in [5.41, 5.74) is 3.10. The fourth-order valence-corrected chi connectivity index (χ4v) is 4.42. The number of rotatable bonds is 5. The van der Waals surface area contributed by atoms with Gasteiger partial charge in [0.1, 0.15) is 0 Å². The van der Waals surface area contributed by atoms with Crippen LogP contribution in [0.1, 0.15) is 26.5 Å². The lowest BCUT2D eigenvalue weighted by Gasteiger charge is -2.28. The molecule has 1 aliphatic heterocycles. The number of morpholine rings is 1. The topological polar surface area (TPSA) is 54.5 Å². The average Bonchev–Trinajstić information content (AvgIpc) is 3.11. The van der Waals surface area contributed by atoms with Crippen molar-refractivity contribution in [2.45, 2.75) is 30.5 Å². The number of nitrogens with one attached hydrogen (secondary N) is 1. The predicted octanol–water partition coefficient (Wildman–Crippen LogP) is 4.01. The Kier molecular flexibility index (Phi) is 6.21. The Morgan fingerprint density at radius 3 is 2.58 bits per heavy atom. The molecule has 2 heterocycles. The molecule has 1 aromatic carbocycles. The Morgan fingerprint density at radius 1 is 1.27 bits per heavy atom. The first-order valence-electron chi connectivity index (χ1n) is 8.73. The number of nitrogens with zero attached hydrogens (tertiary/aromatic N) is 2. The Labute approximate surface area is 163 Å². The Balaban J connectivity index is 1.49. The van der Waals surface area contributed by atoms with Gasteiger partial charge in [-0.05, 0) is 24.3 Å². The van der Waals surface area contributed by atoms with Gasteiger partial charge in [-0.25, -0.2) is 4.98 Å². The van der Waals surface area contributed by atoms with Crippen molar-refractivity contribution in [2.75, 3.05) is 42.3 Å². The maximum atomic E-state index is 12.2. The van der Waals surface area contributed by atoms with Gasteiger partial charge in [0.05, 0.1) is 24.7 Å². The third-order valence-corrected chi connectivity index (χ3v) is 6.13. The fraction of sp³-hybridized carbons (Fsp3) is 0.474. The van der Waals surface area contributed by atoms with Gasteiger partial charge in [-0.15, -0.1) is 11.3 Å². The van der Waals surface area contributed by atoms with Crippen molar-refractivity contribution in [2.24, 2.45) is 0 Å². The second-order valence-electron chi connectivity index (χ2n) is 7.23. The third-order valence-electron chi connectivity index (χ3n) is 4.11. The Hall–Kier alpha value is -1.57. The summed E-state index contributed by atoms with van der Waals surface area (Å²) in [5, 5.41) is 5.03. The monoisotopic (exact) mass is 391 g/mol. The molecule has 0 radical (unpaired) electrons. The van der Waals surface area contributed by atoms with E-state index >= 15 is 0 Å². The van der Waals surface area contributed by atoms with Gasteiger partial charge in [0, 0.05) is 35.3 Å². The zero-order chi connectivity index (χ0) is 18.6. The van der Waals surface area contributed by atoms with Crippen molar-refractivity contribution in [3.8, 4) is 0 Å². The molecule has 0 aliphatic carbocycles. The minimum Gasteiger partial charge on any atom is -0.378 e. The van der Waals surface area contributed by atoms with Crippen LogP contribution in [-0.2, 0) is 14.9 Å². The lowest BCUT2D eigenvalue weighted by atomic mass is 9.93. The molecule has 1 N–H and O–H groups in total. The van der Waals surface area contributed by atoms with Crippen LogP contribution in [0.15, 0.2) is 34.0 Å². The summed E-state index contributed by atoms with van der Waals surface area (Å²) in [7, 11) is 0. The van der Waals surface area contributed by atoms with Crippen molar-refractivity contribution in [3.63, 3.8) is 0 Å². The molecule has 140 valence electrons. The summed E-state index contributed by atoms with van der Waals surface area (Å²) in [6.45, 7) is 9.78. The minimum atomic E-state index is -0.0124. The zero-order valence-electron chi connectivity index (χ0n) is 15.4. The molecule has 0 unspecified atom stereocenters. The van der Waals surface area contributed by atoms with E-state index in [9.17, 15) is 4.79 Å². The van der Waals surface area contributed by atoms with E-state index in [1.165, 1.54) is 11.8 Å². The van der Waals surface area contributed by atoms with Gasteiger partial charge in [-0.2, -0.15) is 0 Å². The number of benzene rings is 1. The number of anilines is 2. The lowest BCUT2D eigenvalue weighted by Crippen LogP contribution is -2.36. The highest BCUT2D eigenvalue weighted by atomic mass is 32.2. The van der Waals surface area contributed by atoms with Crippen LogP contribution in [0.3, 0.4) is 0 Å². The molecule has 7 heteroatoms. The summed E-state index contributed by atoms with van der Waals surface area (Å²) in [6.07, 6.45) is 0. The van der Waals surface area contributed by atoms with Crippen LogP contribution >= 0.6 is 23.1 Å². The number of thioether (sulfide) groups is 1. The van der Waals surface area contributed by atoms with Crippen molar-refractivity contribution < 1.29 is 9.53 Å². The molecule has 0 saturated carbocycles. The Bertz CT molecular complexity index is 732. The maximum Gasteiger partial charge on any atom is 0.234 e. The van der Waals surface area contributed by atoms with Gasteiger partial charge < -0.3 is 15.0 Å². The van der Waals surface area contributed by atoms with Crippen LogP contribution in [0.25, 0.3) is 0 Å². The zero-order valence-corrected chi connectivity index (χ0v) is 17.1. The molecule has 1 amide bonds. The molecule has 26 heavy (non-hydrogen) atoms. The summed E-state index contributed by atoms with van der Waals surface area (Å²) >= 11 is 3.08. The van der Waals surface area contributed by atoms with E-state index in [0.29, 0.717) is 5.75 Å². The van der Waals surface area contributed by atoms with E-state index in [-0.39, 0.29) is 11.3 Å². The number of ether oxygens (including phenoxy) is 1. The summed E-state index contributed by atoms with van der Waals surface area (Å²) in [4.78, 5) is 19.1. The molecule has 1 saturated heterocycles. The van der Waals surface area contributed by atoms with Crippen LogP contribution in [0.4, 0.5) is 11.4 Å². The predicted molar refractivity (Wildman–Crippen MR) is 110 cm³/mol. The molecule has 1 aromatic heterocycles. The number of carbonyl (C=O) groups is 1. The van der Waals surface area contributed by atoms with Crippen LogP contribution in [0.5, 0.6) is 0 Å². The fourth-order valence-electron chi connectivity index (χ4n) is 2.57. The summed E-state index contributed by atoms with van der Waals surface area (Å²) in [5.74, 6) is 0.351. The standard InChI is InChI=1S/C19H25N3O2S2/c1-19(2,3)16-12-25-18(21-16)26-13-17(23)20-14-4-6-15(7-5-14)22-8-10-24-11-9-22/h4-7,12H,8-11,13H2,1-3H3,(H,20,23). The molecular formula is C19H25N3O2S2. The third kappa shape index (κ3) is 5.22. The molecule has 2 aromatic rings. The molecule has 5 nitrogen and oxygen atoms in total. The van der Waals surface area contributed by atoms with Crippen molar-refractivity contribution in [1.29, 1.82) is 0 Å². The highest BCUT2D eigenvalue weighted by molar-refractivity contribution is 8.01. The Morgan fingerprint density at radius 2 is 1.96 bits per heavy atom. The second-order valence-corrected chi connectivity index (χ2v) is 9.31. The van der Waals surface area contributed by atoms with E-state index in [1.807, 2.05) is 24.3 Å². The smallest absolute Gasteiger partial charge is 0.234 e. The molecule has 0 spiro atoms. The van der Waals surface area contributed by atoms with Gasteiger partial charge in [0.2, 0.25) is 5.91 Å². The van der Waals surface area contributed by atoms with Gasteiger partial charge in [-0.1, -0.05) is 32.5 Å². The van der Waals surface area contributed by atoms with Crippen LogP contribution < -0.4 is 10.2 Å². The van der Waals surface area contributed by atoms with Crippen LogP contribution in [0, 0.1) is 0 Å². The molecule has 3 rings (SSSR count). The van der Waals surface area contributed by atoms with Gasteiger partial charge in [-0.3, -0.25) is 4.79 Å². The first kappa shape index (κ1) is 19.2. The normalized spacial score (nSPS) is 15.1. The molecule has 0 bridgehead atoms. The van der Waals surface area contributed by atoms with E-state index in [4.69, 9.17) is 4.74 Å². The van der Waals surface area contributed by atoms with E-state index in [2.05, 4.69) is 41.4 Å². The van der Waals surface area contributed by atoms with Gasteiger partial charge in [0.15, 0.2) is 4.34 Å². The number of carbonyl (C=O) groups excluding carboxylic acids is 1. The SMILES string of the molecule is CC(C)(C)c1csc(SCC(=O)Nc2ccc(N3CCOCC3)cc2)n1. The molecule has 0 atom stereocenters. The number of amides is 1. The number of aromatic nitrogens is 1. The van der Waals surface area contributed by atoms with Crippen molar-refractivity contribution >= 4 is 40.4 Å². The lowest BCUT2D eigenvalue weighted by molar-refractivity contribution is -0.113. The average molecular weight is 392 g/mol. The van der Waals surface area contributed by atoms with Crippen molar-refractivity contribution in [1.82, 2.24) is 4.98 Å². The first-order valence-corrected chi connectivity index (χ1v) is 10.6. The van der Waals surface area contributed by atoms with Gasteiger partial charge in [0.25, 0.3) is 0 Å². The summed E-state index contributed by atoms with van der Waals surface area (Å²) < 4.78 is 6.31. The molecular weight excluding hydrogens is 366 g/mol. The van der Waals surface area contributed by atoms with E-state index in [1.54, 1.807) is 11.3 Å². The van der Waals surface area contributed by atoms with E-state index < -0.39 is 0 Å². The summed E-state index contributed by atoms with van der Waals surface area (Å²) in [6, 6.07) is 8.00. The number of thiazole rings is 1. The quantitative estimate of drug-likeness (QED) is 0.781. The molecule has 1 fully saturated rings. The highest BCUT2D eigenvalue weighted by Gasteiger charge is 2.18. The van der Waals surface area contributed by atoms with E-state index in [0.717, 1.165) is 47.7 Å². The number of hydrogen-bond acceptors (Lipinski definition) is 6. The van der Waals surface area contributed by atoms with Crippen molar-refractivity contribution in [3.05, 3.63) is 35.3 Å². The minimum absolute atomic E-state index is 0.0124.